The number of hydrogen-bond acceptors (Lipinski definition) is 5. The molecule has 1 atom stereocenters. The van der Waals surface area contributed by atoms with E-state index < -0.39 is 0 Å². The number of amides is 2. The van der Waals surface area contributed by atoms with Gasteiger partial charge in [0.1, 0.15) is 12.2 Å². The van der Waals surface area contributed by atoms with Gasteiger partial charge < -0.3 is 24.8 Å². The molecule has 0 aromatic carbocycles. The summed E-state index contributed by atoms with van der Waals surface area (Å²) in [5, 5.41) is 2.84. The molecular formula is C24H34N4O4. The van der Waals surface area contributed by atoms with Gasteiger partial charge in [-0.1, -0.05) is 0 Å². The lowest BCUT2D eigenvalue weighted by Gasteiger charge is -2.38. The van der Waals surface area contributed by atoms with Crippen molar-refractivity contribution in [1.82, 2.24) is 20.1 Å². The van der Waals surface area contributed by atoms with Gasteiger partial charge in [-0.05, 0) is 81.5 Å². The fraction of sp³-hybridized carbons (Fsp3) is 0.708. The highest BCUT2D eigenvalue weighted by molar-refractivity contribution is 5.94. The number of aromatic nitrogens is 1. The smallest absolute Gasteiger partial charge is 0.261 e. The summed E-state index contributed by atoms with van der Waals surface area (Å²) in [6.45, 7) is 5.12. The minimum atomic E-state index is -0.379. The molecule has 2 saturated heterocycles. The molecule has 2 aliphatic carbocycles. The maximum absolute atomic E-state index is 12.6. The highest BCUT2D eigenvalue weighted by Crippen LogP contribution is 2.31. The van der Waals surface area contributed by atoms with E-state index in [0.29, 0.717) is 19.0 Å². The third-order valence-corrected chi connectivity index (χ3v) is 7.44. The van der Waals surface area contributed by atoms with Gasteiger partial charge in [-0.15, -0.1) is 0 Å². The van der Waals surface area contributed by atoms with Gasteiger partial charge in [0, 0.05) is 31.9 Å². The number of aromatic amines is 1. The van der Waals surface area contributed by atoms with Crippen LogP contribution in [0, 0.1) is 11.8 Å². The Morgan fingerprint density at radius 2 is 1.88 bits per heavy atom. The van der Waals surface area contributed by atoms with Crippen LogP contribution in [0.15, 0.2) is 10.9 Å². The highest BCUT2D eigenvalue weighted by Gasteiger charge is 2.31. The number of pyridine rings is 1. The number of rotatable bonds is 7. The molecule has 1 unspecified atom stereocenters. The summed E-state index contributed by atoms with van der Waals surface area (Å²) < 4.78 is 5.67. The van der Waals surface area contributed by atoms with Crippen LogP contribution in [0.3, 0.4) is 0 Å². The topological polar surface area (TPSA) is 94.7 Å². The van der Waals surface area contributed by atoms with E-state index in [0.717, 1.165) is 68.9 Å². The predicted molar refractivity (Wildman–Crippen MR) is 120 cm³/mol. The van der Waals surface area contributed by atoms with Gasteiger partial charge >= 0.3 is 0 Å². The Morgan fingerprint density at radius 1 is 1.09 bits per heavy atom. The Balaban J connectivity index is 1.10. The van der Waals surface area contributed by atoms with E-state index in [9.17, 15) is 14.4 Å². The normalized spacial score (nSPS) is 24.6. The lowest BCUT2D eigenvalue weighted by molar-refractivity contribution is -0.149. The molecule has 8 nitrogen and oxygen atoms in total. The number of aryl methyl sites for hydroxylation is 2. The zero-order chi connectivity index (χ0) is 22.1. The van der Waals surface area contributed by atoms with Crippen LogP contribution in [0.2, 0.25) is 0 Å². The van der Waals surface area contributed by atoms with E-state index in [2.05, 4.69) is 15.2 Å². The summed E-state index contributed by atoms with van der Waals surface area (Å²) in [4.78, 5) is 44.6. The van der Waals surface area contributed by atoms with Crippen LogP contribution in [-0.2, 0) is 22.4 Å². The second-order valence-electron chi connectivity index (χ2n) is 10.00. The number of carbonyl (C=O) groups excluding carboxylic acids is 2. The second kappa shape index (κ2) is 9.35. The van der Waals surface area contributed by atoms with E-state index in [4.69, 9.17) is 4.74 Å². The van der Waals surface area contributed by atoms with Crippen LogP contribution < -0.4 is 10.9 Å². The number of nitrogens with one attached hydrogen (secondary N) is 2. The Hall–Kier alpha value is -2.19. The Kier molecular flexibility index (Phi) is 6.33. The quantitative estimate of drug-likeness (QED) is 0.656. The first-order valence-corrected chi connectivity index (χ1v) is 12.2. The number of carbonyl (C=O) groups is 2. The summed E-state index contributed by atoms with van der Waals surface area (Å²) in [5.41, 5.74) is 1.84. The van der Waals surface area contributed by atoms with E-state index in [1.54, 1.807) is 6.07 Å². The zero-order valence-electron chi connectivity index (χ0n) is 18.7. The number of piperidine rings is 1. The first-order valence-electron chi connectivity index (χ1n) is 12.2. The number of nitrogens with zero attached hydrogens (tertiary/aromatic N) is 2. The molecule has 5 rings (SSSR count). The zero-order valence-corrected chi connectivity index (χ0v) is 18.7. The fourth-order valence-corrected chi connectivity index (χ4v) is 5.29. The van der Waals surface area contributed by atoms with Gasteiger partial charge in [-0.2, -0.15) is 0 Å². The molecule has 8 heteroatoms. The van der Waals surface area contributed by atoms with Crippen molar-refractivity contribution >= 4 is 11.8 Å². The lowest BCUT2D eigenvalue weighted by Crippen LogP contribution is -2.52. The van der Waals surface area contributed by atoms with Crippen molar-refractivity contribution < 1.29 is 14.3 Å². The number of likely N-dealkylation sites (tertiary alicyclic amines) is 1. The number of H-pyrrole nitrogens is 1. The summed E-state index contributed by atoms with van der Waals surface area (Å²) in [7, 11) is 0. The molecule has 2 amide bonds. The standard InChI is InChI=1S/C24H34N4O4/c29-22-15-32-19(11-25-23(30)20-10-18-2-1-3-21(18)26-24(20)31)14-28(22)13-17-6-8-27(9-7-17)12-16-4-5-16/h10,16-17,19H,1-9,11-15H2,(H,25,30)(H,26,31). The number of hydrogen-bond donors (Lipinski definition) is 2. The maximum Gasteiger partial charge on any atom is 0.261 e. The molecule has 1 aromatic heterocycles. The van der Waals surface area contributed by atoms with Crippen molar-refractivity contribution in [1.29, 1.82) is 0 Å². The molecule has 2 aliphatic heterocycles. The third-order valence-electron chi connectivity index (χ3n) is 7.44. The molecule has 3 heterocycles. The van der Waals surface area contributed by atoms with E-state index in [1.165, 1.54) is 19.4 Å². The minimum absolute atomic E-state index is 0.0306. The molecule has 0 spiro atoms. The maximum atomic E-state index is 12.6. The van der Waals surface area contributed by atoms with Crippen molar-refractivity contribution in [2.45, 2.75) is 51.0 Å². The van der Waals surface area contributed by atoms with Crippen molar-refractivity contribution in [3.8, 4) is 0 Å². The summed E-state index contributed by atoms with van der Waals surface area (Å²) in [6.07, 6.45) is 7.58. The van der Waals surface area contributed by atoms with Crippen molar-refractivity contribution in [3.63, 3.8) is 0 Å². The van der Waals surface area contributed by atoms with Crippen LogP contribution in [0.1, 0.15) is 53.7 Å². The first kappa shape index (κ1) is 21.6. The van der Waals surface area contributed by atoms with E-state index >= 15 is 0 Å². The Morgan fingerprint density at radius 3 is 2.66 bits per heavy atom. The van der Waals surface area contributed by atoms with Gasteiger partial charge in [0.15, 0.2) is 0 Å². The predicted octanol–water partition coefficient (Wildman–Crippen LogP) is 0.943. The lowest BCUT2D eigenvalue weighted by atomic mass is 9.95. The van der Waals surface area contributed by atoms with E-state index in [-0.39, 0.29) is 35.6 Å². The number of ether oxygens (including phenoxy) is 1. The van der Waals surface area contributed by atoms with Crippen molar-refractivity contribution in [3.05, 3.63) is 33.2 Å². The van der Waals surface area contributed by atoms with Gasteiger partial charge in [0.2, 0.25) is 5.91 Å². The third kappa shape index (κ3) is 5.07. The molecule has 0 radical (unpaired) electrons. The van der Waals surface area contributed by atoms with Gasteiger partial charge in [0.25, 0.3) is 11.5 Å². The van der Waals surface area contributed by atoms with Crippen molar-refractivity contribution in [2.75, 3.05) is 45.9 Å². The van der Waals surface area contributed by atoms with Gasteiger partial charge in [-0.3, -0.25) is 14.4 Å². The largest absolute Gasteiger partial charge is 0.365 e. The molecule has 32 heavy (non-hydrogen) atoms. The molecular weight excluding hydrogens is 408 g/mol. The fourth-order valence-electron chi connectivity index (χ4n) is 5.29. The Bertz CT molecular complexity index is 917. The first-order chi connectivity index (χ1) is 15.5. The molecule has 174 valence electrons. The van der Waals surface area contributed by atoms with Crippen LogP contribution in [0.25, 0.3) is 0 Å². The molecule has 2 N–H and O–H groups in total. The minimum Gasteiger partial charge on any atom is -0.365 e. The van der Waals surface area contributed by atoms with Crippen molar-refractivity contribution in [2.24, 2.45) is 11.8 Å². The molecule has 0 bridgehead atoms. The molecule has 4 aliphatic rings. The second-order valence-corrected chi connectivity index (χ2v) is 10.00. The molecule has 3 fully saturated rings. The monoisotopic (exact) mass is 442 g/mol. The van der Waals surface area contributed by atoms with Crippen LogP contribution in [0.4, 0.5) is 0 Å². The summed E-state index contributed by atoms with van der Waals surface area (Å²) in [5.74, 6) is 1.11. The molecule has 1 saturated carbocycles. The SMILES string of the molecule is O=C(NCC1CN(CC2CCN(CC3CC3)CC2)C(=O)CO1)c1cc2c([nH]c1=O)CCC2. The van der Waals surface area contributed by atoms with Gasteiger partial charge in [0.05, 0.1) is 6.10 Å². The number of morpholine rings is 1. The summed E-state index contributed by atoms with van der Waals surface area (Å²) >= 11 is 0. The highest BCUT2D eigenvalue weighted by atomic mass is 16.5. The van der Waals surface area contributed by atoms with Crippen LogP contribution in [-0.4, -0.2) is 78.6 Å². The van der Waals surface area contributed by atoms with Crippen LogP contribution >= 0.6 is 0 Å². The molecule has 1 aromatic rings. The van der Waals surface area contributed by atoms with Crippen LogP contribution in [0.5, 0.6) is 0 Å². The number of fused-ring (bicyclic) bond motifs is 1. The average molecular weight is 443 g/mol. The average Bonchev–Trinajstić information content (AvgIpc) is 3.49. The summed E-state index contributed by atoms with van der Waals surface area (Å²) in [6, 6.07) is 1.73. The van der Waals surface area contributed by atoms with E-state index in [1.807, 2.05) is 4.90 Å². The van der Waals surface area contributed by atoms with Gasteiger partial charge in [-0.25, -0.2) is 0 Å². The Labute approximate surface area is 188 Å².